The van der Waals surface area contributed by atoms with Crippen molar-refractivity contribution in [3.63, 3.8) is 0 Å². The number of aryl methyl sites for hydroxylation is 5. The van der Waals surface area contributed by atoms with Crippen molar-refractivity contribution in [2.24, 2.45) is 0 Å². The molecule has 4 aromatic carbocycles. The monoisotopic (exact) mass is 510 g/mol. The highest BCUT2D eigenvalue weighted by Gasteiger charge is 2.11. The molecule has 0 radical (unpaired) electrons. The van der Waals surface area contributed by atoms with Crippen molar-refractivity contribution in [1.82, 2.24) is 0 Å². The summed E-state index contributed by atoms with van der Waals surface area (Å²) in [5.41, 5.74) is 10.7. The number of fused-ring (bicyclic) bond motifs is 3. The fourth-order valence-electron chi connectivity index (χ4n) is 5.17. The Hall–Kier alpha value is -2.86. The lowest BCUT2D eigenvalue weighted by Gasteiger charge is -2.17. The van der Waals surface area contributed by atoms with Crippen LogP contribution in [0.5, 0.6) is 0 Å². The lowest BCUT2D eigenvalue weighted by atomic mass is 9.89. The summed E-state index contributed by atoms with van der Waals surface area (Å²) in [4.78, 5) is 0. The summed E-state index contributed by atoms with van der Waals surface area (Å²) >= 11 is 0. The molecule has 0 saturated carbocycles. The third-order valence-electron chi connectivity index (χ3n) is 7.02. The van der Waals surface area contributed by atoms with Crippen molar-refractivity contribution in [1.29, 1.82) is 0 Å². The van der Waals surface area contributed by atoms with Gasteiger partial charge in [-0.1, -0.05) is 120 Å². The third kappa shape index (κ3) is 9.79. The van der Waals surface area contributed by atoms with Crippen LogP contribution in [0.4, 0.5) is 0 Å². The van der Waals surface area contributed by atoms with Crippen molar-refractivity contribution in [2.45, 2.75) is 107 Å². The standard InChI is InChI=1S/C11H14.C11H10.C10H12.3C2H6/c2*1-9-5-4-7-10-6-2-3-8-11(9)10;1-8-4-2-5-9-6-3-7-10(8)9;3*1-2/h4-5,7H,2-3,6,8H2,1H3;2-8H,1H3;2,4-5H,3,6-7H2,1H3;3*1-2H3. The molecule has 2 aliphatic rings. The first-order valence-electron chi connectivity index (χ1n) is 15.2. The van der Waals surface area contributed by atoms with Gasteiger partial charge in [0.2, 0.25) is 0 Å². The first-order chi connectivity index (χ1) is 18.6. The van der Waals surface area contributed by atoms with Crippen LogP contribution >= 0.6 is 0 Å². The molecule has 0 fully saturated rings. The van der Waals surface area contributed by atoms with E-state index in [0.717, 1.165) is 0 Å². The second-order valence-electron chi connectivity index (χ2n) is 9.28. The Balaban J connectivity index is 0.000000259. The topological polar surface area (TPSA) is 0 Å². The zero-order valence-corrected chi connectivity index (χ0v) is 26.0. The van der Waals surface area contributed by atoms with Crippen LogP contribution in [0.25, 0.3) is 10.8 Å². The molecule has 4 aromatic rings. The molecule has 0 heteroatoms. The molecule has 0 bridgehead atoms. The van der Waals surface area contributed by atoms with E-state index in [1.54, 1.807) is 22.3 Å². The molecule has 38 heavy (non-hydrogen) atoms. The minimum Gasteiger partial charge on any atom is -0.0683 e. The van der Waals surface area contributed by atoms with Crippen molar-refractivity contribution < 1.29 is 0 Å². The van der Waals surface area contributed by atoms with E-state index >= 15 is 0 Å². The maximum absolute atomic E-state index is 2.28. The Morgan fingerprint density at radius 2 is 0.816 bits per heavy atom. The minimum atomic E-state index is 1.30. The van der Waals surface area contributed by atoms with Gasteiger partial charge >= 0.3 is 0 Å². The highest BCUT2D eigenvalue weighted by atomic mass is 14.2. The predicted molar refractivity (Wildman–Crippen MR) is 174 cm³/mol. The molecule has 206 valence electrons. The zero-order chi connectivity index (χ0) is 28.3. The number of rotatable bonds is 0. The van der Waals surface area contributed by atoms with Gasteiger partial charge in [0.25, 0.3) is 0 Å². The summed E-state index contributed by atoms with van der Waals surface area (Å²) in [5.74, 6) is 0. The average Bonchev–Trinajstić information content (AvgIpc) is 3.48. The van der Waals surface area contributed by atoms with E-state index in [0.29, 0.717) is 0 Å². The van der Waals surface area contributed by atoms with E-state index in [2.05, 4.69) is 99.6 Å². The summed E-state index contributed by atoms with van der Waals surface area (Å²) in [7, 11) is 0. The van der Waals surface area contributed by atoms with Gasteiger partial charge in [-0.3, -0.25) is 0 Å². The molecule has 6 rings (SSSR count). The molecule has 0 aromatic heterocycles. The van der Waals surface area contributed by atoms with Gasteiger partial charge < -0.3 is 0 Å². The van der Waals surface area contributed by atoms with Crippen molar-refractivity contribution in [3.8, 4) is 0 Å². The first-order valence-corrected chi connectivity index (χ1v) is 15.2. The Morgan fingerprint density at radius 3 is 1.37 bits per heavy atom. The smallest absolute Gasteiger partial charge is 0.0155 e. The normalized spacial score (nSPS) is 12.1. The van der Waals surface area contributed by atoms with Crippen LogP contribution in [0.15, 0.2) is 78.9 Å². The predicted octanol–water partition coefficient (Wildman–Crippen LogP) is 11.6. The zero-order valence-electron chi connectivity index (χ0n) is 26.0. The largest absolute Gasteiger partial charge is 0.0683 e. The molecule has 0 amide bonds. The lowest BCUT2D eigenvalue weighted by molar-refractivity contribution is 0.682. The Kier molecular flexibility index (Phi) is 16.8. The van der Waals surface area contributed by atoms with Crippen LogP contribution in [0.3, 0.4) is 0 Å². The van der Waals surface area contributed by atoms with Crippen molar-refractivity contribution >= 4 is 10.8 Å². The maximum Gasteiger partial charge on any atom is -0.0155 e. The summed E-state index contributed by atoms with van der Waals surface area (Å²) in [6.07, 6.45) is 9.35. The van der Waals surface area contributed by atoms with Gasteiger partial charge in [0.05, 0.1) is 0 Å². The highest BCUT2D eigenvalue weighted by Crippen LogP contribution is 2.24. The van der Waals surface area contributed by atoms with E-state index in [4.69, 9.17) is 0 Å². The van der Waals surface area contributed by atoms with Gasteiger partial charge in [0.1, 0.15) is 0 Å². The summed E-state index contributed by atoms with van der Waals surface area (Å²) in [5, 5.41) is 2.68. The van der Waals surface area contributed by atoms with Crippen molar-refractivity contribution in [2.75, 3.05) is 0 Å². The molecule has 0 saturated heterocycles. The molecule has 2 aliphatic carbocycles. The van der Waals surface area contributed by atoms with E-state index < -0.39 is 0 Å². The van der Waals surface area contributed by atoms with Crippen LogP contribution in [0, 0.1) is 20.8 Å². The van der Waals surface area contributed by atoms with Gasteiger partial charge in [-0.2, -0.15) is 0 Å². The van der Waals surface area contributed by atoms with E-state index in [1.165, 1.54) is 72.4 Å². The molecule has 0 N–H and O–H groups in total. The molecule has 0 aliphatic heterocycles. The number of benzene rings is 4. The molecule has 0 spiro atoms. The summed E-state index contributed by atoms with van der Waals surface area (Å²) in [6, 6.07) is 28.1. The lowest BCUT2D eigenvalue weighted by Crippen LogP contribution is -2.03. The van der Waals surface area contributed by atoms with Crippen LogP contribution < -0.4 is 0 Å². The van der Waals surface area contributed by atoms with Crippen LogP contribution in [-0.4, -0.2) is 0 Å². The van der Waals surface area contributed by atoms with Gasteiger partial charge in [-0.25, -0.2) is 0 Å². The van der Waals surface area contributed by atoms with Crippen LogP contribution in [-0.2, 0) is 25.7 Å². The Labute approximate surface area is 235 Å². The van der Waals surface area contributed by atoms with Crippen LogP contribution in [0.2, 0.25) is 0 Å². The fourth-order valence-corrected chi connectivity index (χ4v) is 5.17. The third-order valence-corrected chi connectivity index (χ3v) is 7.02. The fraction of sp³-hybridized carbons (Fsp3) is 0.421. The molecule has 0 nitrogen and oxygen atoms in total. The van der Waals surface area contributed by atoms with E-state index in [-0.39, 0.29) is 0 Å². The maximum atomic E-state index is 2.28. The quantitative estimate of drug-likeness (QED) is 0.221. The number of hydrogen-bond donors (Lipinski definition) is 0. The minimum absolute atomic E-state index is 1.30. The van der Waals surface area contributed by atoms with Crippen molar-refractivity contribution in [3.05, 3.63) is 118 Å². The molecule has 0 unspecified atom stereocenters. The Morgan fingerprint density at radius 1 is 0.395 bits per heavy atom. The molecular formula is C38H54. The Bertz CT molecular complexity index is 1180. The summed E-state index contributed by atoms with van der Waals surface area (Å²) < 4.78 is 0. The molecule has 0 heterocycles. The van der Waals surface area contributed by atoms with Gasteiger partial charge in [-0.15, -0.1) is 0 Å². The molecule has 0 atom stereocenters. The van der Waals surface area contributed by atoms with Crippen LogP contribution in [0.1, 0.15) is 99.7 Å². The van der Waals surface area contributed by atoms with Gasteiger partial charge in [-0.05, 0) is 115 Å². The van der Waals surface area contributed by atoms with E-state index in [1.807, 2.05) is 41.5 Å². The first kappa shape index (κ1) is 33.2. The molecular weight excluding hydrogens is 456 g/mol. The second-order valence-corrected chi connectivity index (χ2v) is 9.28. The summed E-state index contributed by atoms with van der Waals surface area (Å²) in [6.45, 7) is 18.6. The highest BCUT2D eigenvalue weighted by molar-refractivity contribution is 5.85. The average molecular weight is 511 g/mol. The second kappa shape index (κ2) is 19.2. The van der Waals surface area contributed by atoms with E-state index in [9.17, 15) is 0 Å². The van der Waals surface area contributed by atoms with Gasteiger partial charge in [0.15, 0.2) is 0 Å². The SMILES string of the molecule is CC.CC.CC.Cc1cccc2c1CCC2.Cc1cccc2c1CCCC2.Cc1cccc2ccccc12. The van der Waals surface area contributed by atoms with Gasteiger partial charge in [0, 0.05) is 0 Å². The number of hydrogen-bond acceptors (Lipinski definition) is 0.